The maximum absolute atomic E-state index is 11.1. The van der Waals surface area contributed by atoms with Crippen LogP contribution in [0.15, 0.2) is 71.3 Å². The topological polar surface area (TPSA) is 40.1 Å². The quantitative estimate of drug-likeness (QED) is 0.810. The summed E-state index contributed by atoms with van der Waals surface area (Å²) in [5, 5.41) is 11.3. The summed E-state index contributed by atoms with van der Waals surface area (Å²) in [7, 11) is 0. The monoisotopic (exact) mass is 285 g/mol. The minimum Gasteiger partial charge on any atom is -0.545 e. The molecule has 0 unspecified atom stereocenters. The number of allylic oxidation sites excluding steroid dienone is 1. The average Bonchev–Trinajstić information content (AvgIpc) is 2.48. The fourth-order valence-corrected chi connectivity index (χ4v) is 2.42. The van der Waals surface area contributed by atoms with Crippen LogP contribution in [0.1, 0.15) is 24.0 Å². The van der Waals surface area contributed by atoms with Crippen LogP contribution in [0.25, 0.3) is 0 Å². The third-order valence-electron chi connectivity index (χ3n) is 3.18. The maximum atomic E-state index is 11.1. The van der Waals surface area contributed by atoms with Crippen molar-refractivity contribution in [1.29, 1.82) is 0 Å². The van der Waals surface area contributed by atoms with Crippen LogP contribution < -0.4 is 5.11 Å². The third-order valence-corrected chi connectivity index (χ3v) is 3.69. The van der Waals surface area contributed by atoms with Gasteiger partial charge in [0.25, 0.3) is 0 Å². The van der Waals surface area contributed by atoms with Gasteiger partial charge in [-0.05, 0) is 23.6 Å². The molecule has 2 nitrogen and oxygen atoms in total. The molecule has 0 amide bonds. The molecule has 0 bridgehead atoms. The van der Waals surface area contributed by atoms with Gasteiger partial charge in [0.05, 0.1) is 5.97 Å². The molecule has 0 N–H and O–H groups in total. The molecule has 0 heterocycles. The Hall–Kier alpha value is -2.06. The summed E-state index contributed by atoms with van der Waals surface area (Å²) in [6.45, 7) is 1.47. The van der Waals surface area contributed by atoms with Gasteiger partial charge < -0.3 is 9.90 Å². The van der Waals surface area contributed by atoms with Crippen molar-refractivity contribution in [1.82, 2.24) is 0 Å². The number of aliphatic carboxylic acids is 1. The molecule has 0 aliphatic rings. The zero-order valence-electron chi connectivity index (χ0n) is 11.0. The summed E-state index contributed by atoms with van der Waals surface area (Å²) in [4.78, 5) is 11.1. The third kappa shape index (κ3) is 3.09. The van der Waals surface area contributed by atoms with Gasteiger partial charge in [0.1, 0.15) is 0 Å². The van der Waals surface area contributed by atoms with Crippen molar-refractivity contribution in [2.24, 2.45) is 0 Å². The molecular formula is C17H14ClO2-. The van der Waals surface area contributed by atoms with E-state index in [1.54, 1.807) is 0 Å². The lowest BCUT2D eigenvalue weighted by Gasteiger charge is -2.20. The molecular weight excluding hydrogens is 272 g/mol. The van der Waals surface area contributed by atoms with Gasteiger partial charge in [-0.15, -0.1) is 0 Å². The SMILES string of the molecule is C/C(C(=O)[O-])=C(\Cl)C(c1ccccc1)c1ccccc1. The Morgan fingerprint density at radius 1 is 0.950 bits per heavy atom. The summed E-state index contributed by atoms with van der Waals surface area (Å²) >= 11 is 6.32. The van der Waals surface area contributed by atoms with Crippen molar-refractivity contribution in [3.05, 3.63) is 82.4 Å². The minimum absolute atomic E-state index is 0.0596. The molecule has 20 heavy (non-hydrogen) atoms. The van der Waals surface area contributed by atoms with E-state index in [-0.39, 0.29) is 16.5 Å². The zero-order valence-corrected chi connectivity index (χ0v) is 11.8. The molecule has 3 heteroatoms. The largest absolute Gasteiger partial charge is 0.545 e. The number of rotatable bonds is 4. The number of benzene rings is 2. The van der Waals surface area contributed by atoms with Crippen LogP contribution in [0.4, 0.5) is 0 Å². The second-order valence-electron chi connectivity index (χ2n) is 4.51. The summed E-state index contributed by atoms with van der Waals surface area (Å²) in [6, 6.07) is 19.2. The van der Waals surface area contributed by atoms with Crippen LogP contribution in [0.2, 0.25) is 0 Å². The summed E-state index contributed by atoms with van der Waals surface area (Å²) in [5.41, 5.74) is 1.96. The van der Waals surface area contributed by atoms with Gasteiger partial charge in [0.2, 0.25) is 0 Å². The molecule has 0 radical (unpaired) electrons. The van der Waals surface area contributed by atoms with Crippen LogP contribution in [0.3, 0.4) is 0 Å². The van der Waals surface area contributed by atoms with E-state index >= 15 is 0 Å². The Kier molecular flexibility index (Phi) is 4.59. The van der Waals surface area contributed by atoms with Crippen molar-refractivity contribution in [2.45, 2.75) is 12.8 Å². The van der Waals surface area contributed by atoms with Gasteiger partial charge in [0, 0.05) is 11.0 Å². The number of carboxylic acid groups (broad SMARTS) is 1. The van der Waals surface area contributed by atoms with E-state index in [9.17, 15) is 9.90 Å². The van der Waals surface area contributed by atoms with E-state index in [0.717, 1.165) is 11.1 Å². The van der Waals surface area contributed by atoms with Crippen LogP contribution in [0.5, 0.6) is 0 Å². The Morgan fingerprint density at radius 2 is 1.35 bits per heavy atom. The van der Waals surface area contributed by atoms with Crippen LogP contribution in [-0.2, 0) is 4.79 Å². The van der Waals surface area contributed by atoms with Crippen LogP contribution in [-0.4, -0.2) is 5.97 Å². The standard InChI is InChI=1S/C17H15ClO2/c1-12(17(19)20)16(18)15(13-8-4-2-5-9-13)14-10-6-3-7-11-14/h2-11,15H,1H3,(H,19,20)/p-1/b16-12+. The molecule has 2 rings (SSSR count). The second-order valence-corrected chi connectivity index (χ2v) is 4.92. The fourth-order valence-electron chi connectivity index (χ4n) is 2.09. The van der Waals surface area contributed by atoms with Gasteiger partial charge in [-0.1, -0.05) is 72.3 Å². The summed E-state index contributed by atoms with van der Waals surface area (Å²) < 4.78 is 0. The molecule has 2 aromatic carbocycles. The number of carbonyl (C=O) groups is 1. The molecule has 0 fully saturated rings. The van der Waals surface area contributed by atoms with Crippen LogP contribution in [0, 0.1) is 0 Å². The molecule has 0 aromatic heterocycles. The van der Waals surface area contributed by atoms with Gasteiger partial charge >= 0.3 is 0 Å². The number of carbonyl (C=O) groups excluding carboxylic acids is 1. The number of hydrogen-bond donors (Lipinski definition) is 0. The number of carboxylic acids is 1. The van der Waals surface area contributed by atoms with Gasteiger partial charge in [-0.2, -0.15) is 0 Å². The molecule has 0 saturated carbocycles. The molecule has 0 aliphatic carbocycles. The van der Waals surface area contributed by atoms with Crippen molar-refractivity contribution in [3.63, 3.8) is 0 Å². The van der Waals surface area contributed by atoms with Gasteiger partial charge in [-0.25, -0.2) is 0 Å². The number of hydrogen-bond acceptors (Lipinski definition) is 2. The van der Waals surface area contributed by atoms with Crippen molar-refractivity contribution in [2.75, 3.05) is 0 Å². The predicted molar refractivity (Wildman–Crippen MR) is 78.3 cm³/mol. The van der Waals surface area contributed by atoms with Crippen molar-refractivity contribution >= 4 is 17.6 Å². The fraction of sp³-hybridized carbons (Fsp3) is 0.118. The predicted octanol–water partition coefficient (Wildman–Crippen LogP) is 3.08. The first kappa shape index (κ1) is 14.4. The Morgan fingerprint density at radius 3 is 1.70 bits per heavy atom. The normalized spacial score (nSPS) is 12.2. The van der Waals surface area contributed by atoms with Crippen molar-refractivity contribution < 1.29 is 9.90 Å². The van der Waals surface area contributed by atoms with Crippen LogP contribution >= 0.6 is 11.6 Å². The van der Waals surface area contributed by atoms with Crippen molar-refractivity contribution in [3.8, 4) is 0 Å². The lowest BCUT2D eigenvalue weighted by atomic mass is 9.89. The highest BCUT2D eigenvalue weighted by atomic mass is 35.5. The van der Waals surface area contributed by atoms with E-state index in [0.29, 0.717) is 0 Å². The van der Waals surface area contributed by atoms with E-state index < -0.39 is 5.97 Å². The lowest BCUT2D eigenvalue weighted by molar-refractivity contribution is -0.299. The first-order valence-electron chi connectivity index (χ1n) is 6.28. The van der Waals surface area contributed by atoms with E-state index in [4.69, 9.17) is 11.6 Å². The molecule has 0 spiro atoms. The van der Waals surface area contributed by atoms with E-state index in [2.05, 4.69) is 0 Å². The Bertz CT molecular complexity index is 578. The van der Waals surface area contributed by atoms with E-state index in [1.165, 1.54) is 6.92 Å². The summed E-state index contributed by atoms with van der Waals surface area (Å²) in [5.74, 6) is -1.54. The highest BCUT2D eigenvalue weighted by molar-refractivity contribution is 6.32. The number of halogens is 1. The minimum atomic E-state index is -1.24. The molecule has 102 valence electrons. The smallest absolute Gasteiger partial charge is 0.0683 e. The highest BCUT2D eigenvalue weighted by Crippen LogP contribution is 2.35. The molecule has 0 aliphatic heterocycles. The second kappa shape index (κ2) is 6.40. The highest BCUT2D eigenvalue weighted by Gasteiger charge is 2.19. The van der Waals surface area contributed by atoms with E-state index in [1.807, 2.05) is 60.7 Å². The molecule has 0 saturated heterocycles. The molecule has 0 atom stereocenters. The maximum Gasteiger partial charge on any atom is 0.0683 e. The first-order chi connectivity index (χ1) is 9.61. The molecule has 2 aromatic rings. The first-order valence-corrected chi connectivity index (χ1v) is 6.66. The lowest BCUT2D eigenvalue weighted by Crippen LogP contribution is -2.24. The van der Waals surface area contributed by atoms with Gasteiger partial charge in [0.15, 0.2) is 0 Å². The Labute approximate surface area is 123 Å². The summed E-state index contributed by atoms with van der Waals surface area (Å²) in [6.07, 6.45) is 0. The van der Waals surface area contributed by atoms with Gasteiger partial charge in [-0.3, -0.25) is 0 Å². The zero-order chi connectivity index (χ0) is 14.5. The average molecular weight is 286 g/mol. The Balaban J connectivity index is 2.57.